The van der Waals surface area contributed by atoms with Gasteiger partial charge in [-0.1, -0.05) is 11.8 Å². The Morgan fingerprint density at radius 3 is 2.64 bits per heavy atom. The first-order chi connectivity index (χ1) is 10.4. The highest BCUT2D eigenvalue weighted by molar-refractivity contribution is 7.98. The van der Waals surface area contributed by atoms with Gasteiger partial charge in [-0.15, -0.1) is 0 Å². The third-order valence-electron chi connectivity index (χ3n) is 3.66. The number of hydrogen-bond donors (Lipinski definition) is 1. The zero-order chi connectivity index (χ0) is 15.9. The van der Waals surface area contributed by atoms with Gasteiger partial charge < -0.3 is 0 Å². The molecule has 2 fully saturated rings. The number of carbonyl (C=O) groups excluding carboxylic acids is 1. The van der Waals surface area contributed by atoms with Crippen LogP contribution in [0.1, 0.15) is 31.0 Å². The number of hydrogen-bond acceptors (Lipinski definition) is 7. The largest absolute Gasteiger partial charge is 0.280 e. The fourth-order valence-corrected chi connectivity index (χ4v) is 3.75. The highest BCUT2D eigenvalue weighted by atomic mass is 32.2. The second-order valence-corrected chi connectivity index (χ2v) is 8.09. The van der Waals surface area contributed by atoms with Crippen molar-refractivity contribution in [3.8, 4) is 0 Å². The molecule has 0 spiro atoms. The molecule has 120 valence electrons. The highest BCUT2D eigenvalue weighted by Gasteiger charge is 2.36. The summed E-state index contributed by atoms with van der Waals surface area (Å²) in [6.45, 7) is 0.275. The molecule has 1 saturated heterocycles. The summed E-state index contributed by atoms with van der Waals surface area (Å²) >= 11 is 1.40. The molecule has 1 aromatic rings. The molecule has 2 N–H and O–H groups in total. The van der Waals surface area contributed by atoms with Crippen molar-refractivity contribution >= 4 is 33.6 Å². The van der Waals surface area contributed by atoms with E-state index >= 15 is 0 Å². The summed E-state index contributed by atoms with van der Waals surface area (Å²) in [7, 11) is -3.60. The monoisotopic (exact) mass is 343 g/mol. The van der Waals surface area contributed by atoms with Crippen LogP contribution in [-0.2, 0) is 14.8 Å². The van der Waals surface area contributed by atoms with Crippen LogP contribution in [0.2, 0.25) is 0 Å². The number of nitrogens with two attached hydrogens (primary N) is 1. The lowest BCUT2D eigenvalue weighted by Crippen LogP contribution is -2.29. The Balaban J connectivity index is 1.84. The minimum Gasteiger partial charge on any atom is -0.280 e. The molecule has 3 rings (SSSR count). The van der Waals surface area contributed by atoms with Crippen molar-refractivity contribution in [1.29, 1.82) is 0 Å². The first-order valence-corrected chi connectivity index (χ1v) is 9.90. The number of thioether (sulfide) groups is 1. The zero-order valence-electron chi connectivity index (χ0n) is 12.1. The fourth-order valence-electron chi connectivity index (χ4n) is 2.51. The van der Waals surface area contributed by atoms with E-state index in [0.29, 0.717) is 17.0 Å². The summed E-state index contributed by atoms with van der Waals surface area (Å²) in [6, 6.07) is 0. The van der Waals surface area contributed by atoms with Gasteiger partial charge in [-0.05, 0) is 19.1 Å². The van der Waals surface area contributed by atoms with E-state index in [1.54, 1.807) is 0 Å². The quantitative estimate of drug-likeness (QED) is 0.754. The summed E-state index contributed by atoms with van der Waals surface area (Å²) in [6.07, 6.45) is 4.12. The lowest BCUT2D eigenvalue weighted by Gasteiger charge is -2.15. The van der Waals surface area contributed by atoms with Crippen molar-refractivity contribution in [2.24, 2.45) is 11.1 Å². The van der Waals surface area contributed by atoms with E-state index in [2.05, 4.69) is 15.0 Å². The molecular weight excluding hydrogens is 326 g/mol. The maximum atomic E-state index is 12.2. The van der Waals surface area contributed by atoms with E-state index < -0.39 is 10.0 Å². The van der Waals surface area contributed by atoms with E-state index in [1.165, 1.54) is 16.7 Å². The smallest absolute Gasteiger partial charge is 0.236 e. The molecule has 1 saturated carbocycles. The predicted molar refractivity (Wildman–Crippen MR) is 82.0 cm³/mol. The van der Waals surface area contributed by atoms with Gasteiger partial charge in [-0.2, -0.15) is 9.97 Å². The van der Waals surface area contributed by atoms with Crippen molar-refractivity contribution in [1.82, 2.24) is 15.0 Å². The molecule has 1 aliphatic heterocycles. The first-order valence-electron chi connectivity index (χ1n) is 6.96. The average molecular weight is 343 g/mol. The summed E-state index contributed by atoms with van der Waals surface area (Å²) < 4.78 is 22.4. The van der Waals surface area contributed by atoms with Gasteiger partial charge >= 0.3 is 0 Å². The number of amides is 1. The third kappa shape index (κ3) is 3.55. The molecule has 10 heteroatoms. The molecule has 22 heavy (non-hydrogen) atoms. The topological polar surface area (TPSA) is 119 Å². The van der Waals surface area contributed by atoms with E-state index in [1.807, 2.05) is 6.26 Å². The van der Waals surface area contributed by atoms with Crippen LogP contribution < -0.4 is 10.0 Å². The third-order valence-corrected chi connectivity index (χ3v) is 5.14. The maximum Gasteiger partial charge on any atom is 0.236 e. The van der Waals surface area contributed by atoms with Crippen LogP contribution in [0.15, 0.2) is 5.16 Å². The lowest BCUT2D eigenvalue weighted by molar-refractivity contribution is -0.117. The molecule has 2 heterocycles. The zero-order valence-corrected chi connectivity index (χ0v) is 13.7. The van der Waals surface area contributed by atoms with Gasteiger partial charge in [-0.25, -0.2) is 18.5 Å². The summed E-state index contributed by atoms with van der Waals surface area (Å²) in [5, 5.41) is 5.64. The Bertz CT molecular complexity index is 705. The Morgan fingerprint density at radius 1 is 1.32 bits per heavy atom. The minimum atomic E-state index is -3.60. The summed E-state index contributed by atoms with van der Waals surface area (Å²) in [5.74, 6) is 0.700. The average Bonchev–Trinajstić information content (AvgIpc) is 3.21. The van der Waals surface area contributed by atoms with Crippen molar-refractivity contribution in [3.05, 3.63) is 5.82 Å². The van der Waals surface area contributed by atoms with Crippen LogP contribution in [0.5, 0.6) is 0 Å². The molecule has 2 aliphatic rings. The van der Waals surface area contributed by atoms with Crippen LogP contribution >= 0.6 is 11.8 Å². The van der Waals surface area contributed by atoms with Crippen LogP contribution in [0, 0.1) is 5.92 Å². The number of sulfonamides is 1. The van der Waals surface area contributed by atoms with Crippen LogP contribution in [0.4, 0.5) is 5.95 Å². The Labute approximate surface area is 133 Å². The normalized spacial score (nSPS) is 22.4. The predicted octanol–water partition coefficient (Wildman–Crippen LogP) is 0.112. The Hall–Kier alpha value is -1.26. The number of aromatic nitrogens is 3. The number of nitrogens with zero attached hydrogens (tertiary/aromatic N) is 4. The van der Waals surface area contributed by atoms with Crippen molar-refractivity contribution in [2.75, 3.05) is 23.5 Å². The van der Waals surface area contributed by atoms with Gasteiger partial charge in [0.15, 0.2) is 5.16 Å². The lowest BCUT2D eigenvalue weighted by atomic mass is 10.1. The molecule has 0 bridgehead atoms. The van der Waals surface area contributed by atoms with E-state index in [-0.39, 0.29) is 30.5 Å². The molecule has 1 amide bonds. The van der Waals surface area contributed by atoms with E-state index in [9.17, 15) is 13.2 Å². The van der Waals surface area contributed by atoms with Crippen LogP contribution in [-0.4, -0.2) is 47.8 Å². The van der Waals surface area contributed by atoms with Crippen LogP contribution in [0.3, 0.4) is 0 Å². The molecule has 1 unspecified atom stereocenters. The molecule has 1 atom stereocenters. The van der Waals surface area contributed by atoms with Gasteiger partial charge in [0.1, 0.15) is 5.82 Å². The van der Waals surface area contributed by atoms with Gasteiger partial charge in [0.2, 0.25) is 21.9 Å². The minimum absolute atomic E-state index is 0.148. The molecule has 0 radical (unpaired) electrons. The Kier molecular flexibility index (Phi) is 4.08. The van der Waals surface area contributed by atoms with Gasteiger partial charge in [-0.3, -0.25) is 9.69 Å². The molecular formula is C12H17N5O3S2. The van der Waals surface area contributed by atoms with Crippen molar-refractivity contribution in [3.63, 3.8) is 0 Å². The van der Waals surface area contributed by atoms with Crippen LogP contribution in [0.25, 0.3) is 0 Å². The van der Waals surface area contributed by atoms with Gasteiger partial charge in [0.25, 0.3) is 0 Å². The molecule has 0 aromatic carbocycles. The van der Waals surface area contributed by atoms with E-state index in [4.69, 9.17) is 5.14 Å². The van der Waals surface area contributed by atoms with E-state index in [0.717, 1.165) is 18.7 Å². The van der Waals surface area contributed by atoms with Crippen molar-refractivity contribution < 1.29 is 13.2 Å². The summed E-state index contributed by atoms with van der Waals surface area (Å²) in [4.78, 5) is 26.7. The summed E-state index contributed by atoms with van der Waals surface area (Å²) in [5.41, 5.74) is 0. The second-order valence-electron chi connectivity index (χ2n) is 5.66. The standard InChI is InChI=1S/C12H17N5O3S2/c1-21-12-15-10(8-2-3-8)14-11(16-12)17-5-7(4-9(17)18)6-22(13,19)20/h7-8H,2-6H2,1H3,(H2,13,19,20). The maximum absolute atomic E-state index is 12.2. The first kappa shape index (κ1) is 15.6. The molecule has 1 aromatic heterocycles. The van der Waals surface area contributed by atoms with Gasteiger partial charge in [0.05, 0.1) is 5.75 Å². The Morgan fingerprint density at radius 2 is 2.05 bits per heavy atom. The second kappa shape index (κ2) is 5.74. The SMILES string of the molecule is CSc1nc(C2CC2)nc(N2CC(CS(N)(=O)=O)CC2=O)n1. The molecule has 1 aliphatic carbocycles. The number of rotatable bonds is 5. The highest BCUT2D eigenvalue weighted by Crippen LogP contribution is 2.39. The fraction of sp³-hybridized carbons (Fsp3) is 0.667. The molecule has 8 nitrogen and oxygen atoms in total. The number of carbonyl (C=O) groups is 1. The number of primary sulfonamides is 1. The number of anilines is 1. The van der Waals surface area contributed by atoms with Gasteiger partial charge in [0, 0.05) is 24.8 Å². The van der Waals surface area contributed by atoms with Crippen molar-refractivity contribution in [2.45, 2.75) is 30.3 Å².